The van der Waals surface area contributed by atoms with E-state index in [4.69, 9.17) is 9.52 Å². The van der Waals surface area contributed by atoms with Crippen LogP contribution in [0.1, 0.15) is 22.5 Å². The van der Waals surface area contributed by atoms with Gasteiger partial charge in [0.2, 0.25) is 0 Å². The highest BCUT2D eigenvalue weighted by atomic mass is 16.4. The molecular weight excluding hydrogens is 160 g/mol. The van der Waals surface area contributed by atoms with Gasteiger partial charge in [-0.25, -0.2) is 0 Å². The molecule has 0 aliphatic heterocycles. The summed E-state index contributed by atoms with van der Waals surface area (Å²) in [7, 11) is 0. The van der Waals surface area contributed by atoms with Gasteiger partial charge in [0.05, 0.1) is 11.8 Å². The van der Waals surface area contributed by atoms with Crippen molar-refractivity contribution in [1.29, 1.82) is 0 Å². The van der Waals surface area contributed by atoms with Crippen LogP contribution in [0.4, 0.5) is 0 Å². The largest absolute Gasteiger partial charge is 0.481 e. The average Bonchev–Trinajstić information content (AvgIpc) is 2.33. The molecule has 1 aromatic heterocycles. The molecule has 0 atom stereocenters. The topological polar surface area (TPSA) is 67.5 Å². The van der Waals surface area contributed by atoms with Gasteiger partial charge in [-0.15, -0.1) is 0 Å². The molecule has 0 unspecified atom stereocenters. The number of aryl methyl sites for hydroxylation is 1. The molecule has 1 rings (SSSR count). The monoisotopic (exact) mass is 168 g/mol. The molecule has 4 heteroatoms. The predicted molar refractivity (Wildman–Crippen MR) is 40.0 cm³/mol. The number of hydrogen-bond acceptors (Lipinski definition) is 3. The molecular formula is C8H8O4. The maximum absolute atomic E-state index is 11.1. The Labute approximate surface area is 68.8 Å². The van der Waals surface area contributed by atoms with E-state index in [0.717, 1.165) is 0 Å². The number of rotatable bonds is 3. The molecule has 0 aliphatic carbocycles. The Bertz CT molecular complexity index is 311. The van der Waals surface area contributed by atoms with E-state index < -0.39 is 18.2 Å². The Morgan fingerprint density at radius 3 is 2.67 bits per heavy atom. The lowest BCUT2D eigenvalue weighted by Crippen LogP contribution is -2.06. The number of hydrogen-bond donors (Lipinski definition) is 1. The van der Waals surface area contributed by atoms with E-state index in [0.29, 0.717) is 11.3 Å². The van der Waals surface area contributed by atoms with Gasteiger partial charge in [-0.2, -0.15) is 0 Å². The fourth-order valence-electron chi connectivity index (χ4n) is 0.907. The van der Waals surface area contributed by atoms with Crippen LogP contribution in [0.25, 0.3) is 0 Å². The van der Waals surface area contributed by atoms with Gasteiger partial charge in [-0.1, -0.05) is 0 Å². The second-order valence-corrected chi connectivity index (χ2v) is 2.38. The summed E-state index contributed by atoms with van der Waals surface area (Å²) in [6.07, 6.45) is 0.880. The predicted octanol–water partition coefficient (Wildman–Crippen LogP) is 1.25. The zero-order valence-corrected chi connectivity index (χ0v) is 6.53. The molecule has 0 aromatic carbocycles. The maximum Gasteiger partial charge on any atom is 0.311 e. The summed E-state index contributed by atoms with van der Waals surface area (Å²) in [5, 5.41) is 8.32. The van der Waals surface area contributed by atoms with Crippen molar-refractivity contribution in [3.8, 4) is 0 Å². The summed E-state index contributed by atoms with van der Waals surface area (Å²) < 4.78 is 4.85. The third-order valence-corrected chi connectivity index (χ3v) is 1.47. The molecule has 0 bridgehead atoms. The van der Waals surface area contributed by atoms with Crippen LogP contribution in [0.3, 0.4) is 0 Å². The van der Waals surface area contributed by atoms with Crippen molar-refractivity contribution in [2.45, 2.75) is 13.3 Å². The molecule has 0 amide bonds. The third kappa shape index (κ3) is 1.72. The zero-order chi connectivity index (χ0) is 9.14. The normalized spacial score (nSPS) is 9.75. The van der Waals surface area contributed by atoms with Crippen LogP contribution in [0.2, 0.25) is 0 Å². The fourth-order valence-corrected chi connectivity index (χ4v) is 0.907. The highest BCUT2D eigenvalue weighted by Crippen LogP contribution is 2.10. The number of carboxylic acids is 1. The summed E-state index contributed by atoms with van der Waals surface area (Å²) in [5.41, 5.74) is 0.345. The molecule has 0 spiro atoms. The van der Waals surface area contributed by atoms with E-state index in [2.05, 4.69) is 0 Å². The van der Waals surface area contributed by atoms with Gasteiger partial charge in [0.25, 0.3) is 0 Å². The lowest BCUT2D eigenvalue weighted by atomic mass is 10.1. The molecule has 64 valence electrons. The SMILES string of the molecule is Cc1occc1C(=O)CC(=O)O. The number of carbonyl (C=O) groups is 2. The van der Waals surface area contributed by atoms with E-state index >= 15 is 0 Å². The van der Waals surface area contributed by atoms with Crippen molar-refractivity contribution in [2.24, 2.45) is 0 Å². The molecule has 12 heavy (non-hydrogen) atoms. The molecule has 0 radical (unpaired) electrons. The summed E-state index contributed by atoms with van der Waals surface area (Å²) in [4.78, 5) is 21.3. The molecule has 1 N–H and O–H groups in total. The minimum atomic E-state index is -1.12. The highest BCUT2D eigenvalue weighted by molar-refractivity contribution is 6.05. The lowest BCUT2D eigenvalue weighted by Gasteiger charge is -1.93. The van der Waals surface area contributed by atoms with Crippen molar-refractivity contribution < 1.29 is 19.1 Å². The average molecular weight is 168 g/mol. The smallest absolute Gasteiger partial charge is 0.311 e. The fraction of sp³-hybridized carbons (Fsp3) is 0.250. The number of ketones is 1. The second-order valence-electron chi connectivity index (χ2n) is 2.38. The van der Waals surface area contributed by atoms with Crippen LogP contribution < -0.4 is 0 Å². The Hall–Kier alpha value is -1.58. The second kappa shape index (κ2) is 3.21. The van der Waals surface area contributed by atoms with Crippen molar-refractivity contribution in [2.75, 3.05) is 0 Å². The standard InChI is InChI=1S/C8H8O4/c1-5-6(2-3-12-5)7(9)4-8(10)11/h2-3H,4H2,1H3,(H,10,11). The first-order valence-corrected chi connectivity index (χ1v) is 3.40. The van der Waals surface area contributed by atoms with Crippen molar-refractivity contribution in [1.82, 2.24) is 0 Å². The molecule has 1 heterocycles. The maximum atomic E-state index is 11.1. The number of carboxylic acid groups (broad SMARTS) is 1. The Kier molecular flexibility index (Phi) is 2.28. The summed E-state index contributed by atoms with van der Waals surface area (Å²) in [6.45, 7) is 1.62. The Morgan fingerprint density at radius 2 is 2.25 bits per heavy atom. The minimum Gasteiger partial charge on any atom is -0.481 e. The highest BCUT2D eigenvalue weighted by Gasteiger charge is 2.14. The van der Waals surface area contributed by atoms with E-state index in [1.54, 1.807) is 6.92 Å². The van der Waals surface area contributed by atoms with Gasteiger partial charge in [-0.3, -0.25) is 9.59 Å². The molecule has 4 nitrogen and oxygen atoms in total. The van der Waals surface area contributed by atoms with Gasteiger partial charge >= 0.3 is 5.97 Å². The molecule has 0 saturated heterocycles. The van der Waals surface area contributed by atoms with Crippen LogP contribution in [0, 0.1) is 6.92 Å². The molecule has 0 aliphatic rings. The summed E-state index contributed by atoms with van der Waals surface area (Å²) in [6, 6.07) is 1.47. The first kappa shape index (κ1) is 8.52. The van der Waals surface area contributed by atoms with Crippen LogP contribution in [-0.4, -0.2) is 16.9 Å². The quantitative estimate of drug-likeness (QED) is 0.544. The Morgan fingerprint density at radius 1 is 1.58 bits per heavy atom. The van der Waals surface area contributed by atoms with Gasteiger partial charge in [0.1, 0.15) is 12.2 Å². The van der Waals surface area contributed by atoms with Gasteiger partial charge in [0, 0.05) is 0 Å². The van der Waals surface area contributed by atoms with Crippen LogP contribution >= 0.6 is 0 Å². The Balaban J connectivity index is 2.78. The molecule has 0 fully saturated rings. The van der Waals surface area contributed by atoms with E-state index in [-0.39, 0.29) is 0 Å². The van der Waals surface area contributed by atoms with Crippen molar-refractivity contribution in [3.63, 3.8) is 0 Å². The molecule has 1 aromatic rings. The third-order valence-electron chi connectivity index (χ3n) is 1.47. The number of aliphatic carboxylic acids is 1. The zero-order valence-electron chi connectivity index (χ0n) is 6.53. The van der Waals surface area contributed by atoms with Gasteiger partial charge < -0.3 is 9.52 Å². The molecule has 0 saturated carbocycles. The number of furan rings is 1. The van der Waals surface area contributed by atoms with Crippen LogP contribution in [-0.2, 0) is 4.79 Å². The van der Waals surface area contributed by atoms with E-state index in [1.807, 2.05) is 0 Å². The number of Topliss-reactive ketones (excluding diaryl/α,β-unsaturated/α-hetero) is 1. The summed E-state index contributed by atoms with van der Waals surface area (Å²) >= 11 is 0. The van der Waals surface area contributed by atoms with E-state index in [1.165, 1.54) is 12.3 Å². The van der Waals surface area contributed by atoms with E-state index in [9.17, 15) is 9.59 Å². The first-order valence-electron chi connectivity index (χ1n) is 3.40. The van der Waals surface area contributed by atoms with Gasteiger partial charge in [-0.05, 0) is 13.0 Å². The van der Waals surface area contributed by atoms with Crippen molar-refractivity contribution >= 4 is 11.8 Å². The minimum absolute atomic E-state index is 0.345. The van der Waals surface area contributed by atoms with Crippen LogP contribution in [0.5, 0.6) is 0 Å². The summed E-state index contributed by atoms with van der Waals surface area (Å²) in [5.74, 6) is -1.09. The van der Waals surface area contributed by atoms with Gasteiger partial charge in [0.15, 0.2) is 5.78 Å². The number of carbonyl (C=O) groups excluding carboxylic acids is 1. The van der Waals surface area contributed by atoms with Crippen molar-refractivity contribution in [3.05, 3.63) is 23.7 Å². The van der Waals surface area contributed by atoms with Crippen LogP contribution in [0.15, 0.2) is 16.7 Å². The first-order chi connectivity index (χ1) is 5.61. The lowest BCUT2D eigenvalue weighted by molar-refractivity contribution is -0.135.